The summed E-state index contributed by atoms with van der Waals surface area (Å²) in [6, 6.07) is 8.37. The predicted molar refractivity (Wildman–Crippen MR) is 59.7 cm³/mol. The molecule has 1 saturated heterocycles. The summed E-state index contributed by atoms with van der Waals surface area (Å²) in [5, 5.41) is 5.29. The van der Waals surface area contributed by atoms with Crippen LogP contribution >= 0.6 is 0 Å². The fourth-order valence-corrected chi connectivity index (χ4v) is 1.38. The van der Waals surface area contributed by atoms with E-state index in [4.69, 9.17) is 0 Å². The minimum Gasteiger partial charge on any atom is -0.432 e. The Labute approximate surface area is 97.9 Å². The fourth-order valence-electron chi connectivity index (χ4n) is 1.38. The largest absolute Gasteiger partial charge is 0.508 e. The molecule has 0 spiro atoms. The number of urea groups is 1. The Kier molecular flexibility index (Phi) is 3.44. The molecule has 0 saturated carbocycles. The standard InChI is InChI=1S/C11H12N2O4/c14-10(12-8-4-2-1-3-5-8)13-9-6-16-11(15)17-7-9/h1-5,9H,6-7H2,(H2,12,13,14). The second kappa shape index (κ2) is 5.20. The summed E-state index contributed by atoms with van der Waals surface area (Å²) in [5.41, 5.74) is 0.693. The number of hydrogen-bond donors (Lipinski definition) is 2. The van der Waals surface area contributed by atoms with Crippen LogP contribution < -0.4 is 10.6 Å². The minimum absolute atomic E-state index is 0.126. The molecular weight excluding hydrogens is 224 g/mol. The van der Waals surface area contributed by atoms with E-state index in [9.17, 15) is 9.59 Å². The SMILES string of the molecule is O=C(Nc1ccccc1)NC1COC(=O)OC1. The summed E-state index contributed by atoms with van der Waals surface area (Å²) in [4.78, 5) is 22.2. The highest BCUT2D eigenvalue weighted by atomic mass is 16.7. The zero-order valence-corrected chi connectivity index (χ0v) is 9.01. The van der Waals surface area contributed by atoms with Gasteiger partial charge in [0.25, 0.3) is 0 Å². The molecular formula is C11H12N2O4. The van der Waals surface area contributed by atoms with Crippen LogP contribution in [0.4, 0.5) is 15.3 Å². The lowest BCUT2D eigenvalue weighted by Gasteiger charge is -2.22. The normalized spacial score (nSPS) is 15.6. The number of para-hydroxylation sites is 1. The quantitative estimate of drug-likeness (QED) is 0.760. The highest BCUT2D eigenvalue weighted by Gasteiger charge is 2.22. The van der Waals surface area contributed by atoms with Crippen molar-refractivity contribution in [2.75, 3.05) is 18.5 Å². The van der Waals surface area contributed by atoms with Gasteiger partial charge in [-0.2, -0.15) is 0 Å². The number of carbonyl (C=O) groups is 2. The maximum Gasteiger partial charge on any atom is 0.508 e. The molecule has 17 heavy (non-hydrogen) atoms. The van der Waals surface area contributed by atoms with Crippen molar-refractivity contribution >= 4 is 17.9 Å². The molecule has 1 aromatic carbocycles. The summed E-state index contributed by atoms with van der Waals surface area (Å²) in [5.74, 6) is 0. The smallest absolute Gasteiger partial charge is 0.432 e. The molecule has 0 unspecified atom stereocenters. The molecule has 6 nitrogen and oxygen atoms in total. The van der Waals surface area contributed by atoms with Gasteiger partial charge in [-0.15, -0.1) is 0 Å². The van der Waals surface area contributed by atoms with E-state index in [2.05, 4.69) is 20.1 Å². The van der Waals surface area contributed by atoms with Gasteiger partial charge in [0.1, 0.15) is 13.2 Å². The molecule has 90 valence electrons. The number of anilines is 1. The van der Waals surface area contributed by atoms with Crippen LogP contribution in [-0.2, 0) is 9.47 Å². The van der Waals surface area contributed by atoms with Gasteiger partial charge >= 0.3 is 12.2 Å². The number of benzene rings is 1. The van der Waals surface area contributed by atoms with E-state index < -0.39 is 6.16 Å². The van der Waals surface area contributed by atoms with Crippen molar-refractivity contribution in [3.8, 4) is 0 Å². The van der Waals surface area contributed by atoms with Crippen LogP contribution in [0.1, 0.15) is 0 Å². The third-order valence-corrected chi connectivity index (χ3v) is 2.17. The fraction of sp³-hybridized carbons (Fsp3) is 0.273. The second-order valence-corrected chi connectivity index (χ2v) is 3.53. The Morgan fingerprint density at radius 1 is 1.18 bits per heavy atom. The van der Waals surface area contributed by atoms with Gasteiger partial charge in [0.15, 0.2) is 0 Å². The lowest BCUT2D eigenvalue weighted by Crippen LogP contribution is -2.47. The van der Waals surface area contributed by atoms with Crippen molar-refractivity contribution in [1.29, 1.82) is 0 Å². The van der Waals surface area contributed by atoms with Gasteiger partial charge in [0, 0.05) is 5.69 Å². The van der Waals surface area contributed by atoms with Crippen molar-refractivity contribution in [3.63, 3.8) is 0 Å². The number of nitrogens with one attached hydrogen (secondary N) is 2. The van der Waals surface area contributed by atoms with Gasteiger partial charge in [-0.3, -0.25) is 0 Å². The Morgan fingerprint density at radius 2 is 1.82 bits per heavy atom. The lowest BCUT2D eigenvalue weighted by molar-refractivity contribution is 0.00354. The highest BCUT2D eigenvalue weighted by molar-refractivity contribution is 5.89. The van der Waals surface area contributed by atoms with Crippen molar-refractivity contribution < 1.29 is 19.1 Å². The van der Waals surface area contributed by atoms with Crippen LogP contribution in [0.2, 0.25) is 0 Å². The molecule has 2 N–H and O–H groups in total. The Bertz CT molecular complexity index is 397. The average molecular weight is 236 g/mol. The molecule has 0 bridgehead atoms. The molecule has 0 aromatic heterocycles. The number of carbonyl (C=O) groups excluding carboxylic acids is 2. The first-order valence-corrected chi connectivity index (χ1v) is 5.16. The summed E-state index contributed by atoms with van der Waals surface area (Å²) < 4.78 is 9.28. The van der Waals surface area contributed by atoms with Gasteiger partial charge in [-0.25, -0.2) is 9.59 Å². The Morgan fingerprint density at radius 3 is 2.47 bits per heavy atom. The summed E-state index contributed by atoms with van der Waals surface area (Å²) >= 11 is 0. The molecule has 2 rings (SSSR count). The Hall–Kier alpha value is -2.24. The van der Waals surface area contributed by atoms with E-state index in [-0.39, 0.29) is 25.3 Å². The zero-order chi connectivity index (χ0) is 12.1. The molecule has 0 radical (unpaired) electrons. The van der Waals surface area contributed by atoms with E-state index in [0.29, 0.717) is 5.69 Å². The lowest BCUT2D eigenvalue weighted by atomic mass is 10.3. The van der Waals surface area contributed by atoms with Crippen LogP contribution in [0.15, 0.2) is 30.3 Å². The number of hydrogen-bond acceptors (Lipinski definition) is 4. The third-order valence-electron chi connectivity index (χ3n) is 2.17. The molecule has 1 heterocycles. The van der Waals surface area contributed by atoms with E-state index in [1.165, 1.54) is 0 Å². The van der Waals surface area contributed by atoms with Crippen molar-refractivity contribution in [3.05, 3.63) is 30.3 Å². The first-order chi connectivity index (χ1) is 8.24. The predicted octanol–water partition coefficient (Wildman–Crippen LogP) is 1.34. The van der Waals surface area contributed by atoms with Crippen LogP contribution in [0.3, 0.4) is 0 Å². The van der Waals surface area contributed by atoms with Crippen LogP contribution in [-0.4, -0.2) is 31.4 Å². The molecule has 6 heteroatoms. The van der Waals surface area contributed by atoms with Crippen molar-refractivity contribution in [1.82, 2.24) is 5.32 Å². The maximum absolute atomic E-state index is 11.5. The van der Waals surface area contributed by atoms with Crippen LogP contribution in [0.5, 0.6) is 0 Å². The number of amides is 2. The zero-order valence-electron chi connectivity index (χ0n) is 9.01. The third kappa shape index (κ3) is 3.37. The highest BCUT2D eigenvalue weighted by Crippen LogP contribution is 2.05. The Balaban J connectivity index is 1.80. The number of cyclic esters (lactones) is 2. The number of ether oxygens (including phenoxy) is 2. The van der Waals surface area contributed by atoms with Gasteiger partial charge in [0.2, 0.25) is 0 Å². The first-order valence-electron chi connectivity index (χ1n) is 5.16. The van der Waals surface area contributed by atoms with Gasteiger partial charge in [-0.1, -0.05) is 18.2 Å². The van der Waals surface area contributed by atoms with E-state index in [1.54, 1.807) is 12.1 Å². The minimum atomic E-state index is -0.702. The number of rotatable bonds is 2. The second-order valence-electron chi connectivity index (χ2n) is 3.53. The van der Waals surface area contributed by atoms with Crippen LogP contribution in [0, 0.1) is 0 Å². The summed E-state index contributed by atoms with van der Waals surface area (Å²) in [6.07, 6.45) is -0.702. The average Bonchev–Trinajstić information content (AvgIpc) is 2.33. The molecule has 1 aliphatic heterocycles. The molecule has 1 aromatic rings. The molecule has 2 amide bonds. The topological polar surface area (TPSA) is 76.7 Å². The monoisotopic (exact) mass is 236 g/mol. The van der Waals surface area contributed by atoms with Gasteiger partial charge in [0.05, 0.1) is 6.04 Å². The van der Waals surface area contributed by atoms with Gasteiger partial charge < -0.3 is 20.1 Å². The van der Waals surface area contributed by atoms with E-state index in [1.807, 2.05) is 18.2 Å². The van der Waals surface area contributed by atoms with E-state index >= 15 is 0 Å². The van der Waals surface area contributed by atoms with Gasteiger partial charge in [-0.05, 0) is 12.1 Å². The summed E-state index contributed by atoms with van der Waals surface area (Å²) in [6.45, 7) is 0.252. The van der Waals surface area contributed by atoms with Crippen molar-refractivity contribution in [2.24, 2.45) is 0 Å². The molecule has 0 atom stereocenters. The van der Waals surface area contributed by atoms with E-state index in [0.717, 1.165) is 0 Å². The molecule has 1 aliphatic rings. The van der Waals surface area contributed by atoms with Crippen LogP contribution in [0.25, 0.3) is 0 Å². The first kappa shape index (κ1) is 11.3. The maximum atomic E-state index is 11.5. The summed E-state index contributed by atoms with van der Waals surface area (Å²) in [7, 11) is 0. The molecule has 1 fully saturated rings. The molecule has 0 aliphatic carbocycles. The van der Waals surface area contributed by atoms with Crippen molar-refractivity contribution in [2.45, 2.75) is 6.04 Å².